The number of aromatic nitrogens is 1. The van der Waals surface area contributed by atoms with Gasteiger partial charge in [-0.3, -0.25) is 4.79 Å². The first kappa shape index (κ1) is 17.1. The molecule has 132 valence electrons. The zero-order valence-electron chi connectivity index (χ0n) is 14.5. The first-order valence-electron chi connectivity index (χ1n) is 8.29. The number of hydrogen-bond acceptors (Lipinski definition) is 5. The first-order chi connectivity index (χ1) is 12.0. The van der Waals surface area contributed by atoms with Crippen LogP contribution in [0.15, 0.2) is 24.4 Å². The Balaban J connectivity index is 1.74. The van der Waals surface area contributed by atoms with Gasteiger partial charge in [-0.1, -0.05) is 0 Å². The Morgan fingerprint density at radius 1 is 1.32 bits per heavy atom. The molecule has 0 radical (unpaired) electrons. The largest absolute Gasteiger partial charge is 0.493 e. The van der Waals surface area contributed by atoms with Crippen molar-refractivity contribution in [1.82, 2.24) is 4.98 Å². The summed E-state index contributed by atoms with van der Waals surface area (Å²) in [6.07, 6.45) is 2.47. The summed E-state index contributed by atoms with van der Waals surface area (Å²) in [6.45, 7) is 5.95. The van der Waals surface area contributed by atoms with Gasteiger partial charge in [0, 0.05) is 29.3 Å². The van der Waals surface area contributed by atoms with Crippen molar-refractivity contribution in [3.05, 3.63) is 46.8 Å². The van der Waals surface area contributed by atoms with Crippen molar-refractivity contribution in [3.8, 4) is 11.5 Å². The van der Waals surface area contributed by atoms with E-state index in [-0.39, 0.29) is 24.2 Å². The maximum absolute atomic E-state index is 12.2. The normalized spacial score (nSPS) is 15.4. The van der Waals surface area contributed by atoms with E-state index in [9.17, 15) is 9.59 Å². The molecule has 2 heterocycles. The molecule has 25 heavy (non-hydrogen) atoms. The average molecular weight is 343 g/mol. The fraction of sp³-hybridized carbons (Fsp3) is 0.368. The zero-order chi connectivity index (χ0) is 18.0. The van der Waals surface area contributed by atoms with E-state index in [4.69, 9.17) is 14.2 Å². The van der Waals surface area contributed by atoms with E-state index in [1.54, 1.807) is 0 Å². The number of benzene rings is 1. The Kier molecular flexibility index (Phi) is 4.79. The molecule has 0 spiro atoms. The van der Waals surface area contributed by atoms with Gasteiger partial charge in [0.2, 0.25) is 0 Å². The second-order valence-corrected chi connectivity index (χ2v) is 6.07. The molecular weight excluding hydrogens is 322 g/mol. The number of ketones is 1. The number of fused-ring (bicyclic) bond motifs is 1. The molecule has 6 nitrogen and oxygen atoms in total. The van der Waals surface area contributed by atoms with Crippen molar-refractivity contribution in [1.29, 1.82) is 0 Å². The van der Waals surface area contributed by atoms with Crippen LogP contribution in [-0.2, 0) is 17.8 Å². The highest BCUT2D eigenvalue weighted by atomic mass is 16.5. The fourth-order valence-electron chi connectivity index (χ4n) is 2.82. The average Bonchev–Trinajstić information content (AvgIpc) is 3.18. The van der Waals surface area contributed by atoms with E-state index in [1.165, 1.54) is 19.2 Å². The summed E-state index contributed by atoms with van der Waals surface area (Å²) in [5, 5.41) is 0. The number of ether oxygens (including phenoxy) is 3. The molecule has 0 bridgehead atoms. The van der Waals surface area contributed by atoms with Crippen LogP contribution in [0.4, 0.5) is 0 Å². The minimum Gasteiger partial charge on any atom is -0.493 e. The number of Topliss-reactive ketones (excluding diaryl/α,β-unsaturated/α-hetero) is 1. The van der Waals surface area contributed by atoms with E-state index in [1.807, 2.05) is 26.0 Å². The molecule has 0 fully saturated rings. The molecule has 1 atom stereocenters. The molecule has 1 unspecified atom stereocenters. The molecule has 1 aromatic carbocycles. The number of hydrogen-bond donors (Lipinski definition) is 1. The topological polar surface area (TPSA) is 77.6 Å². The molecule has 2 aromatic rings. The lowest BCUT2D eigenvalue weighted by Gasteiger charge is -2.12. The first-order valence-corrected chi connectivity index (χ1v) is 8.29. The number of aromatic amines is 1. The number of carbonyl (C=O) groups is 2. The molecular formula is C19H21NO5. The van der Waals surface area contributed by atoms with Crippen LogP contribution in [0, 0.1) is 0 Å². The second-order valence-electron chi connectivity index (χ2n) is 6.07. The lowest BCUT2D eigenvalue weighted by molar-refractivity contribution is 0.0463. The Morgan fingerprint density at radius 2 is 2.12 bits per heavy atom. The monoisotopic (exact) mass is 343 g/mol. The van der Waals surface area contributed by atoms with Crippen LogP contribution in [0.3, 0.4) is 0 Å². The third-order valence-corrected chi connectivity index (χ3v) is 4.05. The Labute approximate surface area is 146 Å². The molecule has 0 amide bonds. The lowest BCUT2D eigenvalue weighted by atomic mass is 10.1. The van der Waals surface area contributed by atoms with Gasteiger partial charge in [0.1, 0.15) is 29.9 Å². The molecule has 1 aliphatic rings. The van der Waals surface area contributed by atoms with Crippen LogP contribution in [0.25, 0.3) is 0 Å². The molecule has 6 heteroatoms. The maximum atomic E-state index is 12.2. The minimum atomic E-state index is -0.523. The molecule has 0 saturated heterocycles. The molecule has 1 N–H and O–H groups in total. The third-order valence-electron chi connectivity index (χ3n) is 4.05. The quantitative estimate of drug-likeness (QED) is 0.643. The smallest absolute Gasteiger partial charge is 0.355 e. The number of nitrogens with one attached hydrogen (secondary N) is 1. The Morgan fingerprint density at radius 3 is 2.80 bits per heavy atom. The van der Waals surface area contributed by atoms with Crippen molar-refractivity contribution in [3.63, 3.8) is 0 Å². The van der Waals surface area contributed by atoms with Crippen molar-refractivity contribution < 1.29 is 23.8 Å². The van der Waals surface area contributed by atoms with E-state index in [2.05, 4.69) is 4.98 Å². The van der Waals surface area contributed by atoms with Gasteiger partial charge in [0.25, 0.3) is 0 Å². The summed E-state index contributed by atoms with van der Waals surface area (Å²) in [7, 11) is 0. The minimum absolute atomic E-state index is 0.0631. The second kappa shape index (κ2) is 7.01. The number of H-pyrrole nitrogens is 1. The highest BCUT2D eigenvalue weighted by Crippen LogP contribution is 2.35. The SMILES string of the molecule is CCOc1cc2c(cc1COC(=O)c1cc(C(C)=O)c[nH]1)OC(C)C2. The van der Waals surface area contributed by atoms with Gasteiger partial charge in [0.05, 0.1) is 6.61 Å². The van der Waals surface area contributed by atoms with Crippen molar-refractivity contribution in [2.75, 3.05) is 6.61 Å². The van der Waals surface area contributed by atoms with Gasteiger partial charge in [0.15, 0.2) is 5.78 Å². The van der Waals surface area contributed by atoms with E-state index in [0.29, 0.717) is 17.9 Å². The molecule has 1 aromatic heterocycles. The lowest BCUT2D eigenvalue weighted by Crippen LogP contribution is -2.07. The van der Waals surface area contributed by atoms with Gasteiger partial charge in [-0.2, -0.15) is 0 Å². The van der Waals surface area contributed by atoms with Crippen molar-refractivity contribution in [2.45, 2.75) is 39.9 Å². The van der Waals surface area contributed by atoms with E-state index < -0.39 is 5.97 Å². The van der Waals surface area contributed by atoms with E-state index in [0.717, 1.165) is 23.3 Å². The highest BCUT2D eigenvalue weighted by Gasteiger charge is 2.22. The predicted molar refractivity (Wildman–Crippen MR) is 91.3 cm³/mol. The van der Waals surface area contributed by atoms with Crippen LogP contribution in [0.5, 0.6) is 11.5 Å². The van der Waals surface area contributed by atoms with Gasteiger partial charge in [-0.05, 0) is 39.0 Å². The van der Waals surface area contributed by atoms with Crippen LogP contribution in [0.1, 0.15) is 52.7 Å². The van der Waals surface area contributed by atoms with Crippen LogP contribution < -0.4 is 9.47 Å². The third kappa shape index (κ3) is 3.68. The van der Waals surface area contributed by atoms with Crippen LogP contribution in [-0.4, -0.2) is 29.4 Å². The summed E-state index contributed by atoms with van der Waals surface area (Å²) in [6, 6.07) is 5.31. The number of carbonyl (C=O) groups excluding carboxylic acids is 2. The molecule has 3 rings (SSSR count). The summed E-state index contributed by atoms with van der Waals surface area (Å²) in [5.41, 5.74) is 2.54. The Bertz CT molecular complexity index is 808. The fourth-order valence-corrected chi connectivity index (χ4v) is 2.82. The Hall–Kier alpha value is -2.76. The van der Waals surface area contributed by atoms with Crippen molar-refractivity contribution >= 4 is 11.8 Å². The zero-order valence-corrected chi connectivity index (χ0v) is 14.5. The van der Waals surface area contributed by atoms with Crippen LogP contribution in [0.2, 0.25) is 0 Å². The predicted octanol–water partition coefficient (Wildman–Crippen LogP) is 3.30. The molecule has 0 aliphatic carbocycles. The summed E-state index contributed by atoms with van der Waals surface area (Å²) >= 11 is 0. The molecule has 0 saturated carbocycles. The summed E-state index contributed by atoms with van der Waals surface area (Å²) in [4.78, 5) is 26.2. The number of esters is 1. The van der Waals surface area contributed by atoms with E-state index >= 15 is 0 Å². The number of rotatable bonds is 6. The molecule has 1 aliphatic heterocycles. The summed E-state index contributed by atoms with van der Waals surface area (Å²) < 4.78 is 16.8. The summed E-state index contributed by atoms with van der Waals surface area (Å²) in [5.74, 6) is 0.868. The van der Waals surface area contributed by atoms with Gasteiger partial charge in [-0.25, -0.2) is 4.79 Å². The van der Waals surface area contributed by atoms with Gasteiger partial charge < -0.3 is 19.2 Å². The maximum Gasteiger partial charge on any atom is 0.355 e. The van der Waals surface area contributed by atoms with Gasteiger partial charge >= 0.3 is 5.97 Å². The van der Waals surface area contributed by atoms with Crippen LogP contribution >= 0.6 is 0 Å². The van der Waals surface area contributed by atoms with Crippen molar-refractivity contribution in [2.24, 2.45) is 0 Å². The van der Waals surface area contributed by atoms with Gasteiger partial charge in [-0.15, -0.1) is 0 Å². The highest BCUT2D eigenvalue weighted by molar-refractivity contribution is 5.97. The standard InChI is InChI=1S/C19H21NO5/c1-4-23-17-7-13-5-11(2)25-18(13)8-15(17)10-24-19(22)16-6-14(9-20-16)12(3)21/h6-9,11,20H,4-5,10H2,1-3H3.